The number of hydrogen-bond donors (Lipinski definition) is 0. The Morgan fingerprint density at radius 1 is 0.893 bits per heavy atom. The summed E-state index contributed by atoms with van der Waals surface area (Å²) in [6.45, 7) is 2.58. The zero-order chi connectivity index (χ0) is 20.7. The molecule has 0 unspecified atom stereocenters. The van der Waals surface area contributed by atoms with Crippen LogP contribution < -0.4 is 0 Å². The van der Waals surface area contributed by atoms with Gasteiger partial charge in [0.1, 0.15) is 0 Å². The number of nitrogens with zero attached hydrogens (tertiary/aromatic N) is 2. The Morgan fingerprint density at radius 3 is 1.89 bits per heavy atom. The summed E-state index contributed by atoms with van der Waals surface area (Å²) in [5.41, 5.74) is -3.42. The van der Waals surface area contributed by atoms with Gasteiger partial charge in [-0.05, 0) is 62.9 Å². The first-order valence-corrected chi connectivity index (χ1v) is 9.17. The second-order valence-corrected chi connectivity index (χ2v) is 7.93. The minimum Gasteiger partial charge on any atom is -0.339 e. The summed E-state index contributed by atoms with van der Waals surface area (Å²) < 4.78 is 78.1. The topological polar surface area (TPSA) is 23.6 Å². The molecule has 28 heavy (non-hydrogen) atoms. The molecule has 0 aliphatic carbocycles. The van der Waals surface area contributed by atoms with E-state index in [0.29, 0.717) is 38.1 Å². The van der Waals surface area contributed by atoms with Gasteiger partial charge in [-0.2, -0.15) is 26.3 Å². The van der Waals surface area contributed by atoms with Crippen LogP contribution in [0, 0.1) is 5.41 Å². The van der Waals surface area contributed by atoms with E-state index in [4.69, 9.17) is 0 Å². The van der Waals surface area contributed by atoms with E-state index in [9.17, 15) is 31.1 Å². The van der Waals surface area contributed by atoms with Gasteiger partial charge in [0.2, 0.25) is 0 Å². The second kappa shape index (κ2) is 7.24. The van der Waals surface area contributed by atoms with E-state index in [-0.39, 0.29) is 11.5 Å². The summed E-state index contributed by atoms with van der Waals surface area (Å²) in [6.07, 6.45) is -6.44. The van der Waals surface area contributed by atoms with Gasteiger partial charge in [0.25, 0.3) is 5.91 Å². The summed E-state index contributed by atoms with van der Waals surface area (Å²) in [5, 5.41) is 0. The molecule has 156 valence electrons. The molecule has 3 nitrogen and oxygen atoms in total. The van der Waals surface area contributed by atoms with E-state index in [1.165, 1.54) is 4.90 Å². The molecule has 1 amide bonds. The number of halogens is 6. The molecule has 2 fully saturated rings. The molecule has 0 radical (unpaired) electrons. The van der Waals surface area contributed by atoms with Crippen molar-refractivity contribution in [2.24, 2.45) is 5.41 Å². The molecule has 1 spiro atoms. The highest BCUT2D eigenvalue weighted by atomic mass is 19.4. The standard InChI is InChI=1S/C19H22F6N2O/c1-26-6-2-3-17(12-26)4-7-27(8-5-17)16(28)13-9-14(18(20,21)22)11-15(10-13)19(23,24)25/h9-11H,2-8,12H2,1H3. The molecule has 0 bridgehead atoms. The van der Waals surface area contributed by atoms with Crippen molar-refractivity contribution in [3.63, 3.8) is 0 Å². The molecule has 3 rings (SSSR count). The summed E-state index contributed by atoms with van der Waals surface area (Å²) in [6, 6.07) is 1.06. The Labute approximate surface area is 159 Å². The highest BCUT2D eigenvalue weighted by Gasteiger charge is 2.40. The van der Waals surface area contributed by atoms with Crippen LogP contribution in [0.5, 0.6) is 0 Å². The summed E-state index contributed by atoms with van der Waals surface area (Å²) >= 11 is 0. The molecule has 2 aliphatic heterocycles. The Hall–Kier alpha value is -1.77. The molecule has 0 saturated carbocycles. The van der Waals surface area contributed by atoms with Crippen LogP contribution in [0.2, 0.25) is 0 Å². The van der Waals surface area contributed by atoms with E-state index < -0.39 is 35.0 Å². The minimum absolute atomic E-state index is 0.0415. The molecule has 2 aliphatic rings. The van der Waals surface area contributed by atoms with E-state index in [0.717, 1.165) is 25.9 Å². The molecular weight excluding hydrogens is 386 g/mol. The van der Waals surface area contributed by atoms with Gasteiger partial charge in [0, 0.05) is 25.2 Å². The van der Waals surface area contributed by atoms with Gasteiger partial charge in [-0.15, -0.1) is 0 Å². The van der Waals surface area contributed by atoms with Crippen LogP contribution >= 0.6 is 0 Å². The lowest BCUT2D eigenvalue weighted by Crippen LogP contribution is -2.49. The fraction of sp³-hybridized carbons (Fsp3) is 0.632. The Kier molecular flexibility index (Phi) is 5.42. The zero-order valence-corrected chi connectivity index (χ0v) is 15.5. The zero-order valence-electron chi connectivity index (χ0n) is 15.5. The normalized spacial score (nSPS) is 21.2. The van der Waals surface area contributed by atoms with Gasteiger partial charge in [-0.3, -0.25) is 4.79 Å². The van der Waals surface area contributed by atoms with Crippen molar-refractivity contribution in [3.05, 3.63) is 34.9 Å². The van der Waals surface area contributed by atoms with Crippen molar-refractivity contribution in [1.29, 1.82) is 0 Å². The van der Waals surface area contributed by atoms with E-state index in [2.05, 4.69) is 4.90 Å². The molecule has 1 aromatic carbocycles. The van der Waals surface area contributed by atoms with Crippen LogP contribution in [0.3, 0.4) is 0 Å². The smallest absolute Gasteiger partial charge is 0.339 e. The summed E-state index contributed by atoms with van der Waals surface area (Å²) in [7, 11) is 2.03. The van der Waals surface area contributed by atoms with Crippen molar-refractivity contribution < 1.29 is 31.1 Å². The number of carbonyl (C=O) groups is 1. The van der Waals surface area contributed by atoms with Gasteiger partial charge in [0.05, 0.1) is 11.1 Å². The molecule has 0 aromatic heterocycles. The maximum Gasteiger partial charge on any atom is 0.416 e. The quantitative estimate of drug-likeness (QED) is 0.631. The number of benzene rings is 1. The average Bonchev–Trinajstić information content (AvgIpc) is 2.60. The fourth-order valence-electron chi connectivity index (χ4n) is 4.31. The lowest BCUT2D eigenvalue weighted by molar-refractivity contribution is -0.143. The highest BCUT2D eigenvalue weighted by molar-refractivity contribution is 5.94. The van der Waals surface area contributed by atoms with Crippen molar-refractivity contribution >= 4 is 5.91 Å². The predicted octanol–water partition coefficient (Wildman–Crippen LogP) is 4.67. The van der Waals surface area contributed by atoms with Crippen LogP contribution in [0.1, 0.15) is 47.2 Å². The maximum atomic E-state index is 13.0. The Morgan fingerprint density at radius 2 is 1.43 bits per heavy atom. The second-order valence-electron chi connectivity index (χ2n) is 7.93. The third-order valence-corrected chi connectivity index (χ3v) is 5.80. The molecule has 2 heterocycles. The van der Waals surface area contributed by atoms with Crippen molar-refractivity contribution in [1.82, 2.24) is 9.80 Å². The van der Waals surface area contributed by atoms with Crippen LogP contribution in [0.25, 0.3) is 0 Å². The summed E-state index contributed by atoms with van der Waals surface area (Å²) in [5.74, 6) is -0.782. The van der Waals surface area contributed by atoms with Crippen LogP contribution in [-0.4, -0.2) is 48.9 Å². The number of alkyl halides is 6. The fourth-order valence-corrected chi connectivity index (χ4v) is 4.31. The van der Waals surface area contributed by atoms with Crippen LogP contribution in [0.15, 0.2) is 18.2 Å². The summed E-state index contributed by atoms with van der Waals surface area (Å²) in [4.78, 5) is 16.3. The maximum absolute atomic E-state index is 13.0. The Bertz CT molecular complexity index is 703. The predicted molar refractivity (Wildman–Crippen MR) is 90.7 cm³/mol. The van der Waals surface area contributed by atoms with Gasteiger partial charge >= 0.3 is 12.4 Å². The third-order valence-electron chi connectivity index (χ3n) is 5.80. The van der Waals surface area contributed by atoms with Crippen molar-refractivity contribution in [3.8, 4) is 0 Å². The molecule has 0 atom stereocenters. The van der Waals surface area contributed by atoms with Gasteiger partial charge in [0.15, 0.2) is 0 Å². The van der Waals surface area contributed by atoms with Crippen molar-refractivity contribution in [2.75, 3.05) is 33.2 Å². The number of rotatable bonds is 1. The van der Waals surface area contributed by atoms with Gasteiger partial charge in [-0.1, -0.05) is 0 Å². The Balaban J connectivity index is 1.81. The lowest BCUT2D eigenvalue weighted by Gasteiger charge is -2.47. The molecular formula is C19H22F6N2O. The molecule has 0 N–H and O–H groups in total. The monoisotopic (exact) mass is 408 g/mol. The average molecular weight is 408 g/mol. The number of piperidine rings is 2. The number of amides is 1. The van der Waals surface area contributed by atoms with E-state index in [1.54, 1.807) is 0 Å². The molecule has 1 aromatic rings. The van der Waals surface area contributed by atoms with Crippen LogP contribution in [-0.2, 0) is 12.4 Å². The number of hydrogen-bond acceptors (Lipinski definition) is 2. The van der Waals surface area contributed by atoms with Crippen LogP contribution in [0.4, 0.5) is 26.3 Å². The number of likely N-dealkylation sites (tertiary alicyclic amines) is 2. The first-order chi connectivity index (χ1) is 12.9. The third kappa shape index (κ3) is 4.45. The highest BCUT2D eigenvalue weighted by Crippen LogP contribution is 2.40. The molecule has 9 heteroatoms. The van der Waals surface area contributed by atoms with Gasteiger partial charge in [-0.25, -0.2) is 0 Å². The number of carbonyl (C=O) groups excluding carboxylic acids is 1. The minimum atomic E-state index is -4.96. The van der Waals surface area contributed by atoms with E-state index in [1.807, 2.05) is 7.05 Å². The first-order valence-electron chi connectivity index (χ1n) is 9.17. The lowest BCUT2D eigenvalue weighted by atomic mass is 9.72. The SMILES string of the molecule is CN1CCCC2(CCN(C(=O)c3cc(C(F)(F)F)cc(C(F)(F)F)c3)CC2)C1. The molecule has 2 saturated heterocycles. The first kappa shape index (κ1) is 21.0. The largest absolute Gasteiger partial charge is 0.416 e. The van der Waals surface area contributed by atoms with Gasteiger partial charge < -0.3 is 9.80 Å². The van der Waals surface area contributed by atoms with E-state index >= 15 is 0 Å². The van der Waals surface area contributed by atoms with Crippen molar-refractivity contribution in [2.45, 2.75) is 38.0 Å².